The van der Waals surface area contributed by atoms with Crippen LogP contribution in [0.1, 0.15) is 12.7 Å². The minimum Gasteiger partial charge on any atom is -0.409 e. The molecule has 0 amide bonds. The van der Waals surface area contributed by atoms with Gasteiger partial charge in [0.1, 0.15) is 11.7 Å². The molecule has 16 heavy (non-hydrogen) atoms. The van der Waals surface area contributed by atoms with Crippen molar-refractivity contribution in [2.24, 2.45) is 16.8 Å². The van der Waals surface area contributed by atoms with Gasteiger partial charge in [-0.2, -0.15) is 0 Å². The molecular formula is C10H17N5O. The second kappa shape index (κ2) is 6.02. The molecule has 0 aromatic carbocycles. The molecule has 88 valence electrons. The summed E-state index contributed by atoms with van der Waals surface area (Å²) in [6.07, 6.45) is 3.42. The van der Waals surface area contributed by atoms with Crippen LogP contribution in [-0.4, -0.2) is 39.5 Å². The van der Waals surface area contributed by atoms with Crippen LogP contribution in [-0.2, 0) is 6.54 Å². The van der Waals surface area contributed by atoms with Crippen LogP contribution in [0.3, 0.4) is 0 Å². The lowest BCUT2D eigenvalue weighted by atomic mass is 10.1. The van der Waals surface area contributed by atoms with Gasteiger partial charge in [0, 0.05) is 24.9 Å². The van der Waals surface area contributed by atoms with Crippen LogP contribution in [0, 0.1) is 5.92 Å². The van der Waals surface area contributed by atoms with Gasteiger partial charge >= 0.3 is 0 Å². The fourth-order valence-electron chi connectivity index (χ4n) is 1.38. The number of hydrogen-bond donors (Lipinski definition) is 2. The number of aromatic nitrogens is 2. The van der Waals surface area contributed by atoms with E-state index in [1.807, 2.05) is 18.9 Å². The van der Waals surface area contributed by atoms with E-state index in [1.165, 1.54) is 0 Å². The number of nitrogens with two attached hydrogens (primary N) is 1. The Morgan fingerprint density at radius 2 is 2.19 bits per heavy atom. The van der Waals surface area contributed by atoms with Crippen molar-refractivity contribution in [1.82, 2.24) is 14.9 Å². The highest BCUT2D eigenvalue weighted by Gasteiger charge is 2.11. The van der Waals surface area contributed by atoms with Crippen molar-refractivity contribution < 1.29 is 5.21 Å². The van der Waals surface area contributed by atoms with Crippen molar-refractivity contribution >= 4 is 5.84 Å². The van der Waals surface area contributed by atoms with Gasteiger partial charge in [0.25, 0.3) is 0 Å². The lowest BCUT2D eigenvalue weighted by Crippen LogP contribution is -2.32. The summed E-state index contributed by atoms with van der Waals surface area (Å²) in [6.45, 7) is 3.23. The lowest BCUT2D eigenvalue weighted by molar-refractivity contribution is 0.286. The Balaban J connectivity index is 2.45. The maximum atomic E-state index is 8.53. The van der Waals surface area contributed by atoms with Crippen LogP contribution in [0.25, 0.3) is 0 Å². The highest BCUT2D eigenvalue weighted by Crippen LogP contribution is 2.01. The van der Waals surface area contributed by atoms with Crippen molar-refractivity contribution in [3.05, 3.63) is 24.3 Å². The highest BCUT2D eigenvalue weighted by atomic mass is 16.4. The molecule has 1 aromatic rings. The molecule has 0 aliphatic heterocycles. The van der Waals surface area contributed by atoms with E-state index in [2.05, 4.69) is 15.1 Å². The average molecular weight is 223 g/mol. The maximum Gasteiger partial charge on any atom is 0.143 e. The molecule has 0 spiro atoms. The molecule has 1 rings (SSSR count). The predicted molar refractivity (Wildman–Crippen MR) is 60.9 cm³/mol. The Hall–Kier alpha value is -1.69. The summed E-state index contributed by atoms with van der Waals surface area (Å²) in [6, 6.07) is 1.78. The van der Waals surface area contributed by atoms with Crippen LogP contribution in [0.5, 0.6) is 0 Å². The molecule has 0 bridgehead atoms. The van der Waals surface area contributed by atoms with Crippen LogP contribution >= 0.6 is 0 Å². The van der Waals surface area contributed by atoms with Gasteiger partial charge in [-0.1, -0.05) is 12.1 Å². The number of nitrogens with zero attached hydrogens (tertiary/aromatic N) is 4. The third-order valence-corrected chi connectivity index (χ3v) is 2.24. The molecule has 1 unspecified atom stereocenters. The van der Waals surface area contributed by atoms with E-state index in [0.29, 0.717) is 13.1 Å². The maximum absolute atomic E-state index is 8.53. The number of rotatable bonds is 5. The molecule has 6 nitrogen and oxygen atoms in total. The van der Waals surface area contributed by atoms with E-state index in [4.69, 9.17) is 10.9 Å². The second-order valence-corrected chi connectivity index (χ2v) is 3.79. The summed E-state index contributed by atoms with van der Waals surface area (Å²) in [5, 5.41) is 11.5. The minimum atomic E-state index is -0.00119. The Bertz CT molecular complexity index is 340. The third-order valence-electron chi connectivity index (χ3n) is 2.24. The van der Waals surface area contributed by atoms with Gasteiger partial charge in [-0.3, -0.25) is 4.90 Å². The molecule has 0 aliphatic rings. The van der Waals surface area contributed by atoms with Crippen molar-refractivity contribution in [3.8, 4) is 0 Å². The van der Waals surface area contributed by atoms with Crippen molar-refractivity contribution in [2.75, 3.05) is 13.6 Å². The zero-order valence-electron chi connectivity index (χ0n) is 9.54. The van der Waals surface area contributed by atoms with E-state index < -0.39 is 0 Å². The monoisotopic (exact) mass is 223 g/mol. The lowest BCUT2D eigenvalue weighted by Gasteiger charge is -2.19. The van der Waals surface area contributed by atoms with Gasteiger partial charge in [0.2, 0.25) is 0 Å². The van der Waals surface area contributed by atoms with Crippen LogP contribution < -0.4 is 5.73 Å². The summed E-state index contributed by atoms with van der Waals surface area (Å²) in [7, 11) is 1.94. The van der Waals surface area contributed by atoms with E-state index in [9.17, 15) is 0 Å². The van der Waals surface area contributed by atoms with Gasteiger partial charge in [-0.05, 0) is 13.1 Å². The summed E-state index contributed by atoms with van der Waals surface area (Å²) in [5.74, 6) is 0.997. The zero-order valence-corrected chi connectivity index (χ0v) is 9.54. The molecule has 0 saturated carbocycles. The molecule has 0 saturated heterocycles. The Kier molecular flexibility index (Phi) is 4.65. The van der Waals surface area contributed by atoms with Crippen molar-refractivity contribution in [2.45, 2.75) is 13.5 Å². The number of hydrogen-bond acceptors (Lipinski definition) is 5. The standard InChI is InChI=1S/C10H17N5O/c1-8(10(11)14-16)6-15(2)7-9-12-4-3-5-13-9/h3-5,8,16H,6-7H2,1-2H3,(H2,11,14). The molecule has 6 heteroatoms. The van der Waals surface area contributed by atoms with E-state index in [0.717, 1.165) is 5.82 Å². The Morgan fingerprint density at radius 3 is 2.75 bits per heavy atom. The predicted octanol–water partition coefficient (Wildman–Crippen LogP) is 0.291. The van der Waals surface area contributed by atoms with Gasteiger partial charge in [-0.25, -0.2) is 9.97 Å². The summed E-state index contributed by atoms with van der Waals surface area (Å²) in [5.41, 5.74) is 5.50. The molecule has 3 N–H and O–H groups in total. The largest absolute Gasteiger partial charge is 0.409 e. The molecule has 0 fully saturated rings. The van der Waals surface area contributed by atoms with E-state index in [-0.39, 0.29) is 11.8 Å². The topological polar surface area (TPSA) is 87.6 Å². The van der Waals surface area contributed by atoms with E-state index in [1.54, 1.807) is 18.5 Å². The first-order valence-corrected chi connectivity index (χ1v) is 5.05. The van der Waals surface area contributed by atoms with Crippen molar-refractivity contribution in [3.63, 3.8) is 0 Å². The summed E-state index contributed by atoms with van der Waals surface area (Å²) < 4.78 is 0. The van der Waals surface area contributed by atoms with Gasteiger partial charge in [0.05, 0.1) is 6.54 Å². The van der Waals surface area contributed by atoms with E-state index >= 15 is 0 Å². The smallest absolute Gasteiger partial charge is 0.143 e. The average Bonchev–Trinajstić information content (AvgIpc) is 2.29. The fourth-order valence-corrected chi connectivity index (χ4v) is 1.38. The van der Waals surface area contributed by atoms with Crippen molar-refractivity contribution in [1.29, 1.82) is 0 Å². The first-order chi connectivity index (χ1) is 7.63. The second-order valence-electron chi connectivity index (χ2n) is 3.79. The molecule has 0 aliphatic carbocycles. The van der Waals surface area contributed by atoms with Crippen LogP contribution in [0.15, 0.2) is 23.6 Å². The normalized spacial score (nSPS) is 14.1. The van der Waals surface area contributed by atoms with Gasteiger partial charge in [0.15, 0.2) is 0 Å². The van der Waals surface area contributed by atoms with Crippen LogP contribution in [0.4, 0.5) is 0 Å². The number of oxime groups is 1. The molecule has 1 atom stereocenters. The van der Waals surface area contributed by atoms with Crippen LogP contribution in [0.2, 0.25) is 0 Å². The third kappa shape index (κ3) is 3.82. The number of amidine groups is 1. The molecular weight excluding hydrogens is 206 g/mol. The zero-order chi connectivity index (χ0) is 12.0. The molecule has 0 radical (unpaired) electrons. The van der Waals surface area contributed by atoms with Gasteiger partial charge in [-0.15, -0.1) is 0 Å². The fraction of sp³-hybridized carbons (Fsp3) is 0.500. The minimum absolute atomic E-state index is 0.00119. The first kappa shape index (κ1) is 12.4. The summed E-state index contributed by atoms with van der Waals surface area (Å²) >= 11 is 0. The SMILES string of the molecule is CC(CN(C)Cc1ncccn1)C(N)=NO. The molecule has 1 heterocycles. The van der Waals surface area contributed by atoms with Gasteiger partial charge < -0.3 is 10.9 Å². The molecule has 1 aromatic heterocycles. The Morgan fingerprint density at radius 1 is 1.56 bits per heavy atom. The summed E-state index contributed by atoms with van der Waals surface area (Å²) in [4.78, 5) is 10.3. The highest BCUT2D eigenvalue weighted by molar-refractivity contribution is 5.82. The first-order valence-electron chi connectivity index (χ1n) is 5.05. The Labute approximate surface area is 94.8 Å². The quantitative estimate of drug-likeness (QED) is 0.324.